The Balaban J connectivity index is 1.36. The van der Waals surface area contributed by atoms with E-state index in [9.17, 15) is 51.6 Å². The number of carbonyl (C=O) groups is 9. The molecule has 2 aliphatic rings. The number of amides is 5. The minimum absolute atomic E-state index is 0.00395. The van der Waals surface area contributed by atoms with Gasteiger partial charge in [0.25, 0.3) is 10.1 Å². The Hall–Kier alpha value is -6.07. The molecule has 460 valence electrons. The largest absolute Gasteiger partial charge is 0.459 e. The third kappa shape index (κ3) is 23.8. The number of nitrogens with zero attached hydrogens (tertiary/aromatic N) is 1. The summed E-state index contributed by atoms with van der Waals surface area (Å²) in [5.74, 6) is -6.12. The van der Waals surface area contributed by atoms with E-state index in [-0.39, 0.29) is 126 Å². The summed E-state index contributed by atoms with van der Waals surface area (Å²) in [6, 6.07) is 11.0. The molecular formula is C60H86ClN5O16S. The first-order chi connectivity index (χ1) is 39.0. The summed E-state index contributed by atoms with van der Waals surface area (Å²) in [5, 5.41) is 11.3. The molecule has 0 aromatic heterocycles. The number of hydrogen-bond acceptors (Lipinski definition) is 15. The van der Waals surface area contributed by atoms with Crippen LogP contribution in [0.1, 0.15) is 135 Å². The fourth-order valence-corrected chi connectivity index (χ4v) is 9.95. The number of carbonyl (C=O) groups excluding carboxylic acids is 9. The first kappa shape index (κ1) is 69.4. The second kappa shape index (κ2) is 32.8. The van der Waals surface area contributed by atoms with Gasteiger partial charge in [0, 0.05) is 88.7 Å². The molecule has 2 aromatic carbocycles. The predicted octanol–water partition coefficient (Wildman–Crippen LogP) is 5.70. The highest BCUT2D eigenvalue weighted by Crippen LogP contribution is 2.45. The van der Waals surface area contributed by atoms with E-state index in [2.05, 4.69) is 21.3 Å². The van der Waals surface area contributed by atoms with Crippen molar-refractivity contribution in [3.05, 3.63) is 81.9 Å². The number of nitrogens with one attached hydrogen (secondary N) is 4. The van der Waals surface area contributed by atoms with E-state index in [1.54, 1.807) is 46.8 Å². The SMILES string of the molecule is CNC(=O)CCN(CCC(=O)N[C@H](C(=O)C[C@@H](C)C(=O)CCc1ccc([C@H]2O[C@@H]2[C@@H](C)[C@@H]2C/C=C/C(=O)N[C@H](Cc3ccc(C)c(Cl)c3)C(=O)NCC(C)(C)C(=O)O[C@@H](CC(C)C)C(=O)O2)cc1)C(C)C)C(=O)CCOCCCS(=O)(=O)O. The number of benzene rings is 2. The van der Waals surface area contributed by atoms with Crippen molar-refractivity contribution in [2.45, 2.75) is 163 Å². The predicted molar refractivity (Wildman–Crippen MR) is 310 cm³/mol. The number of halogens is 1. The summed E-state index contributed by atoms with van der Waals surface area (Å²) in [5.41, 5.74) is 2.02. The van der Waals surface area contributed by atoms with E-state index in [1.807, 2.05) is 64.1 Å². The van der Waals surface area contributed by atoms with Gasteiger partial charge in [0.2, 0.25) is 29.5 Å². The van der Waals surface area contributed by atoms with Gasteiger partial charge in [-0.25, -0.2) is 4.79 Å². The first-order valence-corrected chi connectivity index (χ1v) is 30.5. The number of cyclic esters (lactones) is 2. The highest BCUT2D eigenvalue weighted by molar-refractivity contribution is 7.85. The monoisotopic (exact) mass is 1200 g/mol. The van der Waals surface area contributed by atoms with Gasteiger partial charge in [-0.05, 0) is 86.3 Å². The first-order valence-electron chi connectivity index (χ1n) is 28.5. The molecule has 83 heavy (non-hydrogen) atoms. The number of ether oxygens (including phenoxy) is 4. The topological polar surface area (TPSA) is 300 Å². The smallest absolute Gasteiger partial charge is 0.347 e. The molecule has 1 saturated heterocycles. The zero-order valence-corrected chi connectivity index (χ0v) is 51.2. The highest BCUT2D eigenvalue weighted by atomic mass is 35.5. The van der Waals surface area contributed by atoms with Gasteiger partial charge in [0.15, 0.2) is 11.9 Å². The zero-order chi connectivity index (χ0) is 61.8. The van der Waals surface area contributed by atoms with Crippen molar-refractivity contribution < 1.29 is 75.1 Å². The van der Waals surface area contributed by atoms with E-state index < -0.39 is 99.1 Å². The van der Waals surface area contributed by atoms with Crippen molar-refractivity contribution in [3.63, 3.8) is 0 Å². The Morgan fingerprint density at radius 2 is 1.54 bits per heavy atom. The average Bonchev–Trinajstić information content (AvgIpc) is 4.32. The van der Waals surface area contributed by atoms with Crippen molar-refractivity contribution in [1.29, 1.82) is 0 Å². The van der Waals surface area contributed by atoms with E-state index in [1.165, 1.54) is 18.0 Å². The Morgan fingerprint density at radius 3 is 2.17 bits per heavy atom. The second-order valence-corrected chi connectivity index (χ2v) is 25.1. The molecule has 0 saturated carbocycles. The molecule has 4 rings (SSSR count). The highest BCUT2D eigenvalue weighted by Gasteiger charge is 2.48. The molecule has 21 nitrogen and oxygen atoms in total. The van der Waals surface area contributed by atoms with E-state index in [0.29, 0.717) is 17.0 Å². The van der Waals surface area contributed by atoms with Gasteiger partial charge in [0.05, 0.1) is 36.3 Å². The Kier molecular flexibility index (Phi) is 27.5. The van der Waals surface area contributed by atoms with Crippen LogP contribution in [0.2, 0.25) is 5.02 Å². The fraction of sp³-hybridized carbons (Fsp3) is 0.617. The van der Waals surface area contributed by atoms with Crippen LogP contribution in [0.15, 0.2) is 54.6 Å². The quantitative estimate of drug-likeness (QED) is 0.0282. The summed E-state index contributed by atoms with van der Waals surface area (Å²) in [7, 11) is -2.68. The maximum absolute atomic E-state index is 14.0. The van der Waals surface area contributed by atoms with Crippen LogP contribution in [0.5, 0.6) is 0 Å². The maximum atomic E-state index is 14.0. The molecule has 0 bridgehead atoms. The van der Waals surface area contributed by atoms with Crippen molar-refractivity contribution >= 4 is 74.8 Å². The van der Waals surface area contributed by atoms with Crippen molar-refractivity contribution in [1.82, 2.24) is 26.2 Å². The van der Waals surface area contributed by atoms with Crippen LogP contribution in [0.3, 0.4) is 0 Å². The van der Waals surface area contributed by atoms with Gasteiger partial charge in [-0.3, -0.25) is 42.9 Å². The lowest BCUT2D eigenvalue weighted by Crippen LogP contribution is -2.51. The van der Waals surface area contributed by atoms with Gasteiger partial charge in [-0.2, -0.15) is 8.42 Å². The number of ketones is 2. The van der Waals surface area contributed by atoms with Gasteiger partial charge >= 0.3 is 11.9 Å². The molecule has 0 unspecified atom stereocenters. The summed E-state index contributed by atoms with van der Waals surface area (Å²) in [4.78, 5) is 121. The lowest BCUT2D eigenvalue weighted by Gasteiger charge is -2.29. The third-order valence-corrected chi connectivity index (χ3v) is 15.9. The molecule has 2 heterocycles. The summed E-state index contributed by atoms with van der Waals surface area (Å²) in [6.07, 6.45) is 0.597. The van der Waals surface area contributed by atoms with Crippen LogP contribution in [-0.4, -0.2) is 147 Å². The number of Topliss-reactive ketones (excluding diaryl/α,β-unsaturated/α-hetero) is 2. The molecule has 5 N–H and O–H groups in total. The molecule has 2 aliphatic heterocycles. The van der Waals surface area contributed by atoms with Crippen LogP contribution < -0.4 is 21.3 Å². The molecule has 2 aromatic rings. The van der Waals surface area contributed by atoms with Crippen LogP contribution in [-0.2, 0) is 85.1 Å². The zero-order valence-electron chi connectivity index (χ0n) is 49.6. The number of aryl methyl sites for hydroxylation is 2. The van der Waals surface area contributed by atoms with Crippen molar-refractivity contribution in [2.75, 3.05) is 45.6 Å². The van der Waals surface area contributed by atoms with Crippen LogP contribution in [0, 0.1) is 36.0 Å². The minimum Gasteiger partial charge on any atom is -0.459 e. The second-order valence-electron chi connectivity index (χ2n) is 23.1. The fourth-order valence-electron chi connectivity index (χ4n) is 9.27. The van der Waals surface area contributed by atoms with Crippen LogP contribution in [0.4, 0.5) is 0 Å². The molecule has 0 radical (unpaired) electrons. The number of hydrogen-bond donors (Lipinski definition) is 5. The molecule has 0 spiro atoms. The molecule has 5 amide bonds. The van der Waals surface area contributed by atoms with Crippen LogP contribution in [0.25, 0.3) is 0 Å². The number of esters is 2. The Labute approximate surface area is 493 Å². The normalized spacial score (nSPS) is 21.1. The van der Waals surface area contributed by atoms with Gasteiger partial charge in [0.1, 0.15) is 24.0 Å². The van der Waals surface area contributed by atoms with Gasteiger partial charge in [-0.1, -0.05) is 95.6 Å². The molecule has 1 fully saturated rings. The van der Waals surface area contributed by atoms with Gasteiger partial charge < -0.3 is 45.1 Å². The van der Waals surface area contributed by atoms with E-state index in [4.69, 9.17) is 35.1 Å². The maximum Gasteiger partial charge on any atom is 0.347 e. The number of epoxide rings is 1. The third-order valence-electron chi connectivity index (χ3n) is 14.7. The molecule has 8 atom stereocenters. The lowest BCUT2D eigenvalue weighted by molar-refractivity contribution is -0.179. The number of rotatable bonds is 29. The van der Waals surface area contributed by atoms with Crippen molar-refractivity contribution in [2.24, 2.45) is 29.1 Å². The summed E-state index contributed by atoms with van der Waals surface area (Å²) in [6.45, 7) is 15.7. The Bertz CT molecular complexity index is 2730. The summed E-state index contributed by atoms with van der Waals surface area (Å²) >= 11 is 6.39. The molecule has 23 heteroatoms. The van der Waals surface area contributed by atoms with E-state index in [0.717, 1.165) is 16.7 Å². The standard InChI is InChI=1S/C60H86ClN5O16S/c1-36(2)31-49-58(74)80-48(13-11-14-51(70)64-45(34-42-16-15-38(5)44(61)33-42)57(73)63-35-60(8,9)59(75)81-49)40(7)55-56(82-55)43-20-17-41(18-21-43)19-22-46(67)39(6)32-47(68)54(37(3)4)65-52(71)24-27-66(26-23-50(69)62-10)53(72)25-29-79-28-12-30-83(76,77)78/h11,14-18,20-21,33,36-37,39-40,45,48-49,54-56H,12-13,19,22-32,34-35H2,1-10H3,(H,62,69)(H,63,73)(H,64,70)(H,65,71)(H,76,77,78)/b14-11+/t39-,40+,45-,48+,49+,54+,55-,56-/m1/s1. The molecule has 0 aliphatic carbocycles. The minimum atomic E-state index is -4.14. The lowest BCUT2D eigenvalue weighted by atomic mass is 9.89. The summed E-state index contributed by atoms with van der Waals surface area (Å²) < 4.78 is 54.3. The van der Waals surface area contributed by atoms with Crippen LogP contribution >= 0.6 is 11.6 Å². The average molecular weight is 1200 g/mol. The van der Waals surface area contributed by atoms with Crippen molar-refractivity contribution in [3.8, 4) is 0 Å². The van der Waals surface area contributed by atoms with Gasteiger partial charge in [-0.15, -0.1) is 0 Å². The Morgan fingerprint density at radius 1 is 0.880 bits per heavy atom. The molecular weight excluding hydrogens is 1110 g/mol. The van der Waals surface area contributed by atoms with E-state index >= 15 is 0 Å².